The van der Waals surface area contributed by atoms with Crippen molar-refractivity contribution >= 4 is 34.3 Å². The van der Waals surface area contributed by atoms with Gasteiger partial charge in [-0.05, 0) is 41.3 Å². The van der Waals surface area contributed by atoms with Crippen LogP contribution in [0.5, 0.6) is 23.0 Å². The lowest BCUT2D eigenvalue weighted by Crippen LogP contribution is -2.24. The maximum Gasteiger partial charge on any atom is 0.318 e. The Morgan fingerprint density at radius 1 is 0.895 bits per heavy atom. The maximum absolute atomic E-state index is 12.2. The monoisotopic (exact) mass is 516 g/mol. The van der Waals surface area contributed by atoms with E-state index >= 15 is 0 Å². The molecule has 192 valence electrons. The van der Waals surface area contributed by atoms with Gasteiger partial charge in [0, 0.05) is 11.5 Å². The molecule has 0 heterocycles. The Balaban J connectivity index is 1.40. The van der Waals surface area contributed by atoms with Crippen LogP contribution in [0.4, 0.5) is 11.4 Å². The molecular weight excluding hydrogens is 496 g/mol. The highest BCUT2D eigenvalue weighted by atomic mass is 16.6. The first-order valence-electron chi connectivity index (χ1n) is 11.1. The minimum absolute atomic E-state index is 0.133. The van der Waals surface area contributed by atoms with Crippen LogP contribution >= 0.6 is 0 Å². The van der Waals surface area contributed by atoms with Crippen molar-refractivity contribution in [2.75, 3.05) is 13.7 Å². The summed E-state index contributed by atoms with van der Waals surface area (Å²) in [6.45, 7) is -0.241. The van der Waals surface area contributed by atoms with Crippen LogP contribution in [-0.2, 0) is 4.79 Å². The SMILES string of the molecule is COc1cc(C=NNC(=O)COc2cccc3ccccc23)ccc1Oc1ccc([N+](=O)[O-])cc1[N+](=O)[O-]. The number of hydrogen-bond acceptors (Lipinski definition) is 9. The molecule has 4 aromatic carbocycles. The van der Waals surface area contributed by atoms with Crippen molar-refractivity contribution in [2.24, 2.45) is 5.10 Å². The van der Waals surface area contributed by atoms with Gasteiger partial charge in [-0.15, -0.1) is 0 Å². The lowest BCUT2D eigenvalue weighted by Gasteiger charge is -2.11. The summed E-state index contributed by atoms with van der Waals surface area (Å²) in [6, 6.07) is 20.9. The summed E-state index contributed by atoms with van der Waals surface area (Å²) in [4.78, 5) is 33.0. The van der Waals surface area contributed by atoms with Gasteiger partial charge in [0.15, 0.2) is 18.1 Å². The van der Waals surface area contributed by atoms with Gasteiger partial charge in [-0.1, -0.05) is 36.4 Å². The number of carbonyl (C=O) groups is 1. The Morgan fingerprint density at radius 2 is 1.66 bits per heavy atom. The summed E-state index contributed by atoms with van der Waals surface area (Å²) in [7, 11) is 1.37. The third-order valence-corrected chi connectivity index (χ3v) is 5.27. The minimum atomic E-state index is -0.775. The number of nitrogens with zero attached hydrogens (tertiary/aromatic N) is 3. The average Bonchev–Trinajstić information content (AvgIpc) is 2.92. The summed E-state index contributed by atoms with van der Waals surface area (Å²) in [5, 5.41) is 28.1. The van der Waals surface area contributed by atoms with Gasteiger partial charge >= 0.3 is 5.69 Å². The van der Waals surface area contributed by atoms with Gasteiger partial charge in [0.25, 0.3) is 11.6 Å². The average molecular weight is 516 g/mol. The van der Waals surface area contributed by atoms with Gasteiger partial charge in [0.1, 0.15) is 5.75 Å². The lowest BCUT2D eigenvalue weighted by molar-refractivity contribution is -0.394. The maximum atomic E-state index is 12.2. The van der Waals surface area contributed by atoms with E-state index in [-0.39, 0.29) is 23.9 Å². The van der Waals surface area contributed by atoms with E-state index in [4.69, 9.17) is 14.2 Å². The fourth-order valence-corrected chi connectivity index (χ4v) is 3.49. The second-order valence-corrected chi connectivity index (χ2v) is 7.74. The Hall–Kier alpha value is -5.52. The van der Waals surface area contributed by atoms with Gasteiger partial charge < -0.3 is 14.2 Å². The highest BCUT2D eigenvalue weighted by Gasteiger charge is 2.22. The predicted molar refractivity (Wildman–Crippen MR) is 138 cm³/mol. The number of rotatable bonds is 10. The van der Waals surface area contributed by atoms with Gasteiger partial charge in [-0.3, -0.25) is 25.0 Å². The molecule has 12 nitrogen and oxygen atoms in total. The zero-order valence-corrected chi connectivity index (χ0v) is 19.9. The quantitative estimate of drug-likeness (QED) is 0.176. The van der Waals surface area contributed by atoms with Crippen molar-refractivity contribution in [3.05, 3.63) is 105 Å². The topological polar surface area (TPSA) is 155 Å². The highest BCUT2D eigenvalue weighted by Crippen LogP contribution is 2.38. The Morgan fingerprint density at radius 3 is 2.42 bits per heavy atom. The zero-order valence-electron chi connectivity index (χ0n) is 19.9. The molecule has 0 bridgehead atoms. The first-order chi connectivity index (χ1) is 18.4. The van der Waals surface area contributed by atoms with Crippen molar-refractivity contribution in [2.45, 2.75) is 0 Å². The Bertz CT molecular complexity index is 1550. The Kier molecular flexibility index (Phi) is 7.72. The van der Waals surface area contributed by atoms with Gasteiger partial charge in [0.05, 0.1) is 29.2 Å². The van der Waals surface area contributed by atoms with Crippen LogP contribution in [0.2, 0.25) is 0 Å². The number of nitro benzene ring substituents is 2. The number of ether oxygens (including phenoxy) is 3. The molecule has 0 fully saturated rings. The molecule has 38 heavy (non-hydrogen) atoms. The van der Waals surface area contributed by atoms with Crippen molar-refractivity contribution in [1.29, 1.82) is 0 Å². The molecule has 1 N–H and O–H groups in total. The van der Waals surface area contributed by atoms with Gasteiger partial charge in [0.2, 0.25) is 5.75 Å². The number of fused-ring (bicyclic) bond motifs is 1. The minimum Gasteiger partial charge on any atom is -0.493 e. The lowest BCUT2D eigenvalue weighted by atomic mass is 10.1. The molecule has 4 rings (SSSR count). The van der Waals surface area contributed by atoms with Crippen LogP contribution in [0, 0.1) is 20.2 Å². The summed E-state index contributed by atoms with van der Waals surface area (Å²) in [5.41, 5.74) is 1.90. The highest BCUT2D eigenvalue weighted by molar-refractivity contribution is 5.89. The Labute approximate surface area is 215 Å². The van der Waals surface area contributed by atoms with Crippen LogP contribution in [-0.4, -0.2) is 35.7 Å². The van der Waals surface area contributed by atoms with E-state index in [2.05, 4.69) is 10.5 Å². The van der Waals surface area contributed by atoms with Crippen LogP contribution in [0.1, 0.15) is 5.56 Å². The fourth-order valence-electron chi connectivity index (χ4n) is 3.49. The number of hydrogen-bond donors (Lipinski definition) is 1. The van der Waals surface area contributed by atoms with Crippen LogP contribution < -0.4 is 19.6 Å². The van der Waals surface area contributed by atoms with E-state index in [9.17, 15) is 25.0 Å². The third kappa shape index (κ3) is 5.99. The molecule has 0 atom stereocenters. The zero-order chi connectivity index (χ0) is 27.1. The largest absolute Gasteiger partial charge is 0.493 e. The van der Waals surface area contributed by atoms with Crippen molar-refractivity contribution < 1.29 is 28.9 Å². The molecule has 0 saturated heterocycles. The van der Waals surface area contributed by atoms with Crippen molar-refractivity contribution in [1.82, 2.24) is 5.43 Å². The van der Waals surface area contributed by atoms with Crippen LogP contribution in [0.15, 0.2) is 84.0 Å². The number of hydrazone groups is 1. The smallest absolute Gasteiger partial charge is 0.318 e. The molecule has 0 aliphatic carbocycles. The summed E-state index contributed by atoms with van der Waals surface area (Å²) < 4.78 is 16.5. The van der Waals surface area contributed by atoms with E-state index in [0.29, 0.717) is 11.3 Å². The van der Waals surface area contributed by atoms with Crippen LogP contribution in [0.25, 0.3) is 10.8 Å². The molecule has 0 spiro atoms. The van der Waals surface area contributed by atoms with Crippen LogP contribution in [0.3, 0.4) is 0 Å². The first-order valence-corrected chi connectivity index (χ1v) is 11.1. The number of nitro groups is 2. The van der Waals surface area contributed by atoms with Crippen molar-refractivity contribution in [3.8, 4) is 23.0 Å². The number of methoxy groups -OCH3 is 1. The molecule has 0 aliphatic rings. The fraction of sp³-hybridized carbons (Fsp3) is 0.0769. The molecule has 12 heteroatoms. The number of benzene rings is 4. The second kappa shape index (κ2) is 11.5. The number of carbonyl (C=O) groups excluding carboxylic acids is 1. The number of nitrogens with one attached hydrogen (secondary N) is 1. The molecule has 1 amide bonds. The predicted octanol–water partition coefficient (Wildman–Crippen LogP) is 4.99. The van der Waals surface area contributed by atoms with E-state index < -0.39 is 27.1 Å². The molecule has 0 saturated carbocycles. The summed E-state index contributed by atoms with van der Waals surface area (Å²) in [5.74, 6) is 0.266. The first kappa shape index (κ1) is 25.6. The summed E-state index contributed by atoms with van der Waals surface area (Å²) >= 11 is 0. The number of non-ortho nitro benzene ring substituents is 1. The van der Waals surface area contributed by atoms with E-state index in [1.165, 1.54) is 25.5 Å². The second-order valence-electron chi connectivity index (χ2n) is 7.74. The summed E-state index contributed by atoms with van der Waals surface area (Å²) in [6.07, 6.45) is 1.37. The molecule has 4 aromatic rings. The van der Waals surface area contributed by atoms with Gasteiger partial charge in [-0.25, -0.2) is 5.43 Å². The van der Waals surface area contributed by atoms with E-state index in [1.807, 2.05) is 36.4 Å². The molecule has 0 aliphatic heterocycles. The molecule has 0 unspecified atom stereocenters. The third-order valence-electron chi connectivity index (χ3n) is 5.27. The number of amides is 1. The molecular formula is C26H20N4O8. The normalized spacial score (nSPS) is 10.8. The standard InChI is InChI=1S/C26H20N4O8/c1-36-25-13-17(9-11-24(25)38-23-12-10-19(29(32)33)14-21(23)30(34)35)15-27-28-26(31)16-37-22-8-4-6-18-5-2-3-7-20(18)22/h2-15H,16H2,1H3,(H,28,31). The van der Waals surface area contributed by atoms with Crippen molar-refractivity contribution in [3.63, 3.8) is 0 Å². The molecule has 0 aromatic heterocycles. The van der Waals surface area contributed by atoms with E-state index in [0.717, 1.165) is 29.0 Å². The molecule has 0 radical (unpaired) electrons. The van der Waals surface area contributed by atoms with E-state index in [1.54, 1.807) is 12.1 Å². The van der Waals surface area contributed by atoms with Gasteiger partial charge in [-0.2, -0.15) is 5.10 Å².